The first-order chi connectivity index (χ1) is 16.4. The number of benzene rings is 3. The predicted molar refractivity (Wildman–Crippen MR) is 138 cm³/mol. The van der Waals surface area contributed by atoms with E-state index in [0.29, 0.717) is 5.75 Å². The molecule has 3 atom stereocenters. The maximum atomic E-state index is 12.9. The third-order valence-electron chi connectivity index (χ3n) is 6.10. The molecule has 2 heterocycles. The second-order valence-corrected chi connectivity index (χ2v) is 11.7. The maximum Gasteiger partial charge on any atom is 0.322 e. The second kappa shape index (κ2) is 9.28. The van der Waals surface area contributed by atoms with Crippen molar-refractivity contribution in [3.63, 3.8) is 0 Å². The van der Waals surface area contributed by atoms with Crippen LogP contribution in [0.1, 0.15) is 5.56 Å². The minimum Gasteiger partial charge on any atom is -0.480 e. The standard InChI is InChI=1S/C25H21BrN2O4S2/c26-20-17-9-5-4-8-16(17)10-11-18(20)34-25(24(31)32)13-28-22(30)21(23(28)33-14-25)27-19(29)12-15-6-2-1-3-7-15/h1-11,21,23H,12-14H2,(H,27,29)(H,31,32)/t21-,23-,25?/m1/s1. The lowest BCUT2D eigenvalue weighted by Gasteiger charge is -2.53. The first kappa shape index (κ1) is 23.3. The molecule has 9 heteroatoms. The number of nitrogens with one attached hydrogen (secondary N) is 1. The van der Waals surface area contributed by atoms with Crippen molar-refractivity contribution in [2.45, 2.75) is 27.5 Å². The van der Waals surface area contributed by atoms with Crippen molar-refractivity contribution >= 4 is 68.0 Å². The van der Waals surface area contributed by atoms with Gasteiger partial charge < -0.3 is 15.3 Å². The van der Waals surface area contributed by atoms with Crippen LogP contribution in [-0.4, -0.2) is 56.3 Å². The number of carboxylic acids is 1. The van der Waals surface area contributed by atoms with Crippen molar-refractivity contribution in [3.05, 3.63) is 76.8 Å². The first-order valence-corrected chi connectivity index (χ1v) is 13.4. The summed E-state index contributed by atoms with van der Waals surface area (Å²) in [6, 6.07) is 20.5. The predicted octanol–water partition coefficient (Wildman–Crippen LogP) is 4.16. The molecular weight excluding hydrogens is 536 g/mol. The van der Waals surface area contributed by atoms with E-state index in [1.165, 1.54) is 23.5 Å². The lowest BCUT2D eigenvalue weighted by atomic mass is 10.0. The van der Waals surface area contributed by atoms with E-state index in [1.54, 1.807) is 4.90 Å². The number of carbonyl (C=O) groups excluding carboxylic acids is 2. The topological polar surface area (TPSA) is 86.7 Å². The molecule has 5 rings (SSSR count). The zero-order valence-corrected chi connectivity index (χ0v) is 21.2. The number of carbonyl (C=O) groups is 3. The van der Waals surface area contributed by atoms with Crippen molar-refractivity contribution in [1.82, 2.24) is 10.2 Å². The molecule has 1 unspecified atom stereocenters. The number of thioether (sulfide) groups is 2. The molecule has 174 valence electrons. The zero-order chi connectivity index (χ0) is 23.9. The van der Waals surface area contributed by atoms with E-state index in [0.717, 1.165) is 25.7 Å². The van der Waals surface area contributed by atoms with Crippen LogP contribution < -0.4 is 5.32 Å². The Bertz CT molecular complexity index is 1290. The number of halogens is 1. The normalized spacial score (nSPS) is 23.8. The van der Waals surface area contributed by atoms with Crippen LogP contribution in [0.5, 0.6) is 0 Å². The van der Waals surface area contributed by atoms with E-state index in [4.69, 9.17) is 0 Å². The van der Waals surface area contributed by atoms with Gasteiger partial charge in [0.15, 0.2) is 0 Å². The van der Waals surface area contributed by atoms with Crippen LogP contribution in [0.25, 0.3) is 10.8 Å². The van der Waals surface area contributed by atoms with Crippen LogP contribution in [0, 0.1) is 0 Å². The lowest BCUT2D eigenvalue weighted by molar-refractivity contribution is -0.152. The Kier molecular flexibility index (Phi) is 6.35. The van der Waals surface area contributed by atoms with Gasteiger partial charge in [-0.3, -0.25) is 14.4 Å². The van der Waals surface area contributed by atoms with E-state index in [2.05, 4.69) is 21.2 Å². The SMILES string of the molecule is O=C(Cc1ccccc1)N[C@@H]1C(=O)N2CC(Sc3ccc4ccccc4c3Br)(C(=O)O)CS[C@H]12. The molecule has 0 spiro atoms. The Labute approximate surface area is 213 Å². The average Bonchev–Trinajstić information content (AvgIpc) is 2.85. The molecule has 2 fully saturated rings. The second-order valence-electron chi connectivity index (χ2n) is 8.38. The summed E-state index contributed by atoms with van der Waals surface area (Å²) in [5, 5.41) is 14.8. The molecule has 34 heavy (non-hydrogen) atoms. The van der Waals surface area contributed by atoms with Crippen LogP contribution in [0.3, 0.4) is 0 Å². The molecule has 2 aliphatic heterocycles. The number of hydrogen-bond donors (Lipinski definition) is 2. The van der Waals surface area contributed by atoms with E-state index in [1.807, 2.05) is 66.7 Å². The number of rotatable bonds is 6. The molecule has 3 aromatic rings. The lowest BCUT2D eigenvalue weighted by Crippen LogP contribution is -2.74. The third kappa shape index (κ3) is 4.21. The Hall–Kier alpha value is -2.49. The number of hydrogen-bond acceptors (Lipinski definition) is 5. The molecule has 0 bridgehead atoms. The number of fused-ring (bicyclic) bond motifs is 2. The molecule has 2 amide bonds. The van der Waals surface area contributed by atoms with Gasteiger partial charge in [0, 0.05) is 21.7 Å². The summed E-state index contributed by atoms with van der Waals surface area (Å²) < 4.78 is -0.329. The molecule has 6 nitrogen and oxygen atoms in total. The van der Waals surface area contributed by atoms with Gasteiger partial charge in [-0.25, -0.2) is 0 Å². The third-order valence-corrected chi connectivity index (χ3v) is 10.3. The van der Waals surface area contributed by atoms with Crippen LogP contribution in [0.15, 0.2) is 76.1 Å². The van der Waals surface area contributed by atoms with Gasteiger partial charge in [-0.05, 0) is 38.3 Å². The van der Waals surface area contributed by atoms with Crippen LogP contribution in [0.2, 0.25) is 0 Å². The molecule has 2 saturated heterocycles. The molecule has 0 saturated carbocycles. The number of β-lactam (4-membered cyclic amide) rings is 1. The van der Waals surface area contributed by atoms with Gasteiger partial charge in [0.25, 0.3) is 0 Å². The molecule has 2 N–H and O–H groups in total. The molecule has 2 aliphatic rings. The van der Waals surface area contributed by atoms with Gasteiger partial charge in [-0.1, -0.05) is 60.7 Å². The minimum absolute atomic E-state index is 0.0911. The van der Waals surface area contributed by atoms with Crippen molar-refractivity contribution in [1.29, 1.82) is 0 Å². The van der Waals surface area contributed by atoms with E-state index in [-0.39, 0.29) is 30.2 Å². The van der Waals surface area contributed by atoms with Crippen LogP contribution >= 0.6 is 39.5 Å². The number of aliphatic carboxylic acids is 1. The fourth-order valence-corrected chi connectivity index (χ4v) is 7.91. The van der Waals surface area contributed by atoms with Crippen molar-refractivity contribution in [3.8, 4) is 0 Å². The Morgan fingerprint density at radius 1 is 1.12 bits per heavy atom. The number of nitrogens with zero attached hydrogens (tertiary/aromatic N) is 1. The van der Waals surface area contributed by atoms with Crippen molar-refractivity contribution in [2.24, 2.45) is 0 Å². The number of amides is 2. The van der Waals surface area contributed by atoms with Gasteiger partial charge in [-0.15, -0.1) is 23.5 Å². The highest BCUT2D eigenvalue weighted by atomic mass is 79.9. The van der Waals surface area contributed by atoms with Crippen LogP contribution in [-0.2, 0) is 20.8 Å². The van der Waals surface area contributed by atoms with Gasteiger partial charge in [0.2, 0.25) is 11.8 Å². The van der Waals surface area contributed by atoms with E-state index >= 15 is 0 Å². The molecule has 0 aromatic heterocycles. The summed E-state index contributed by atoms with van der Waals surface area (Å²) in [6.45, 7) is 0.0911. The summed E-state index contributed by atoms with van der Waals surface area (Å²) in [7, 11) is 0. The van der Waals surface area contributed by atoms with Gasteiger partial charge in [-0.2, -0.15) is 0 Å². The summed E-state index contributed by atoms with van der Waals surface area (Å²) in [5.74, 6) is -1.07. The highest BCUT2D eigenvalue weighted by Gasteiger charge is 2.58. The highest BCUT2D eigenvalue weighted by molar-refractivity contribution is 9.10. The summed E-state index contributed by atoms with van der Waals surface area (Å²) in [6.07, 6.45) is 0.201. The average molecular weight is 557 g/mol. The van der Waals surface area contributed by atoms with Crippen LogP contribution in [0.4, 0.5) is 0 Å². The Morgan fingerprint density at radius 2 is 1.85 bits per heavy atom. The zero-order valence-electron chi connectivity index (χ0n) is 17.9. The summed E-state index contributed by atoms with van der Waals surface area (Å²) in [4.78, 5) is 40.2. The quantitative estimate of drug-likeness (QED) is 0.443. The fraction of sp³-hybridized carbons (Fsp3) is 0.240. The minimum atomic E-state index is -1.18. The van der Waals surface area contributed by atoms with Gasteiger partial charge in [0.1, 0.15) is 16.2 Å². The molecule has 3 aromatic carbocycles. The highest BCUT2D eigenvalue weighted by Crippen LogP contribution is 2.48. The van der Waals surface area contributed by atoms with E-state index < -0.39 is 16.8 Å². The molecule has 0 radical (unpaired) electrons. The fourth-order valence-electron chi connectivity index (χ4n) is 4.30. The summed E-state index contributed by atoms with van der Waals surface area (Å²) >= 11 is 6.33. The summed E-state index contributed by atoms with van der Waals surface area (Å²) in [5.41, 5.74) is 0.877. The van der Waals surface area contributed by atoms with Crippen molar-refractivity contribution in [2.75, 3.05) is 12.3 Å². The van der Waals surface area contributed by atoms with E-state index in [9.17, 15) is 19.5 Å². The molecule has 0 aliphatic carbocycles. The van der Waals surface area contributed by atoms with Gasteiger partial charge in [0.05, 0.1) is 6.42 Å². The first-order valence-electron chi connectivity index (χ1n) is 10.7. The largest absolute Gasteiger partial charge is 0.480 e. The Morgan fingerprint density at radius 3 is 2.62 bits per heavy atom. The smallest absolute Gasteiger partial charge is 0.322 e. The molecular formula is C25H21BrN2O4S2. The Balaban J connectivity index is 1.30. The van der Waals surface area contributed by atoms with Crippen molar-refractivity contribution < 1.29 is 19.5 Å². The number of carboxylic acid groups (broad SMARTS) is 1. The maximum absolute atomic E-state index is 12.9. The van der Waals surface area contributed by atoms with Gasteiger partial charge >= 0.3 is 5.97 Å². The monoisotopic (exact) mass is 556 g/mol.